The smallest absolute Gasteiger partial charge is 0.133 e. The molecule has 3 heterocycles. The Kier molecular flexibility index (Phi) is 4.86. The fourth-order valence-electron chi connectivity index (χ4n) is 3.09. The van der Waals surface area contributed by atoms with Crippen molar-refractivity contribution in [3.63, 3.8) is 0 Å². The summed E-state index contributed by atoms with van der Waals surface area (Å²) < 4.78 is 0. The van der Waals surface area contributed by atoms with Gasteiger partial charge in [0.1, 0.15) is 11.6 Å². The van der Waals surface area contributed by atoms with Crippen LogP contribution in [0.1, 0.15) is 35.3 Å². The lowest BCUT2D eigenvalue weighted by molar-refractivity contribution is 0.707. The van der Waals surface area contributed by atoms with Crippen molar-refractivity contribution in [2.24, 2.45) is 0 Å². The van der Waals surface area contributed by atoms with Gasteiger partial charge in [-0.3, -0.25) is 4.98 Å². The van der Waals surface area contributed by atoms with Crippen molar-refractivity contribution in [1.29, 1.82) is 0 Å². The van der Waals surface area contributed by atoms with Crippen molar-refractivity contribution < 1.29 is 0 Å². The Morgan fingerprint density at radius 2 is 2.04 bits per heavy atom. The zero-order valence-corrected chi connectivity index (χ0v) is 14.2. The SMILES string of the molecule is Cc1nc2c(c(NC(C)Cc3ncccc3C)n1)CCNCC2. The molecule has 0 amide bonds. The number of nitrogens with one attached hydrogen (secondary N) is 2. The molecule has 2 aromatic rings. The highest BCUT2D eigenvalue weighted by molar-refractivity contribution is 5.48. The van der Waals surface area contributed by atoms with Crippen LogP contribution in [0.15, 0.2) is 18.3 Å². The van der Waals surface area contributed by atoms with Gasteiger partial charge in [0.05, 0.1) is 5.69 Å². The van der Waals surface area contributed by atoms with Crippen LogP contribution in [-0.2, 0) is 19.3 Å². The predicted octanol–water partition coefficient (Wildman–Crippen LogP) is 2.22. The van der Waals surface area contributed by atoms with Gasteiger partial charge in [-0.1, -0.05) is 6.07 Å². The molecule has 0 aliphatic carbocycles. The maximum Gasteiger partial charge on any atom is 0.133 e. The van der Waals surface area contributed by atoms with Crippen LogP contribution in [0.5, 0.6) is 0 Å². The van der Waals surface area contributed by atoms with Crippen molar-refractivity contribution in [2.45, 2.75) is 46.1 Å². The maximum atomic E-state index is 4.66. The minimum Gasteiger partial charge on any atom is -0.367 e. The van der Waals surface area contributed by atoms with E-state index in [9.17, 15) is 0 Å². The number of fused-ring (bicyclic) bond motifs is 1. The molecule has 5 nitrogen and oxygen atoms in total. The number of pyridine rings is 1. The first-order chi connectivity index (χ1) is 11.1. The van der Waals surface area contributed by atoms with Gasteiger partial charge in [0.2, 0.25) is 0 Å². The third kappa shape index (κ3) is 3.85. The summed E-state index contributed by atoms with van der Waals surface area (Å²) in [7, 11) is 0. The molecule has 1 unspecified atom stereocenters. The van der Waals surface area contributed by atoms with E-state index in [1.165, 1.54) is 16.8 Å². The molecule has 0 saturated carbocycles. The second-order valence-electron chi connectivity index (χ2n) is 6.31. The zero-order chi connectivity index (χ0) is 16.2. The van der Waals surface area contributed by atoms with Crippen LogP contribution in [0.25, 0.3) is 0 Å². The molecule has 2 N–H and O–H groups in total. The summed E-state index contributed by atoms with van der Waals surface area (Å²) in [6.45, 7) is 8.25. The molecule has 1 atom stereocenters. The molecule has 0 saturated heterocycles. The monoisotopic (exact) mass is 311 g/mol. The molecule has 3 rings (SSSR count). The molecule has 0 fully saturated rings. The number of nitrogens with zero attached hydrogens (tertiary/aromatic N) is 3. The molecule has 2 aromatic heterocycles. The highest BCUT2D eigenvalue weighted by atomic mass is 15.1. The van der Waals surface area contributed by atoms with Gasteiger partial charge in [0, 0.05) is 42.9 Å². The minimum absolute atomic E-state index is 0.276. The number of rotatable bonds is 4. The van der Waals surface area contributed by atoms with Gasteiger partial charge < -0.3 is 10.6 Å². The average Bonchev–Trinajstić information content (AvgIpc) is 2.75. The van der Waals surface area contributed by atoms with E-state index in [2.05, 4.69) is 45.5 Å². The van der Waals surface area contributed by atoms with E-state index >= 15 is 0 Å². The fourth-order valence-corrected chi connectivity index (χ4v) is 3.09. The Balaban J connectivity index is 1.79. The van der Waals surface area contributed by atoms with Gasteiger partial charge in [0.15, 0.2) is 0 Å². The fraction of sp³-hybridized carbons (Fsp3) is 0.500. The van der Waals surface area contributed by atoms with Crippen molar-refractivity contribution >= 4 is 5.82 Å². The van der Waals surface area contributed by atoms with Gasteiger partial charge in [-0.15, -0.1) is 0 Å². The Morgan fingerprint density at radius 3 is 2.87 bits per heavy atom. The second kappa shape index (κ2) is 7.04. The predicted molar refractivity (Wildman–Crippen MR) is 92.8 cm³/mol. The van der Waals surface area contributed by atoms with Crippen LogP contribution in [0.2, 0.25) is 0 Å². The molecule has 1 aliphatic heterocycles. The summed E-state index contributed by atoms with van der Waals surface area (Å²) in [6.07, 6.45) is 4.71. The second-order valence-corrected chi connectivity index (χ2v) is 6.31. The summed E-state index contributed by atoms with van der Waals surface area (Å²) >= 11 is 0. The number of hydrogen-bond acceptors (Lipinski definition) is 5. The summed E-state index contributed by atoms with van der Waals surface area (Å²) in [5.41, 5.74) is 4.84. The van der Waals surface area contributed by atoms with E-state index in [0.29, 0.717) is 0 Å². The van der Waals surface area contributed by atoms with E-state index in [1.807, 2.05) is 19.2 Å². The minimum atomic E-state index is 0.276. The summed E-state index contributed by atoms with van der Waals surface area (Å²) in [5.74, 6) is 1.84. The largest absolute Gasteiger partial charge is 0.367 e. The van der Waals surface area contributed by atoms with Crippen LogP contribution >= 0.6 is 0 Å². The molecule has 0 radical (unpaired) electrons. The van der Waals surface area contributed by atoms with E-state index in [4.69, 9.17) is 0 Å². The van der Waals surface area contributed by atoms with Crippen molar-refractivity contribution in [1.82, 2.24) is 20.3 Å². The van der Waals surface area contributed by atoms with Crippen LogP contribution in [-0.4, -0.2) is 34.1 Å². The first-order valence-corrected chi connectivity index (χ1v) is 8.37. The van der Waals surface area contributed by atoms with E-state index in [-0.39, 0.29) is 6.04 Å². The zero-order valence-electron chi connectivity index (χ0n) is 14.2. The molecular formula is C18H25N5. The topological polar surface area (TPSA) is 62.7 Å². The number of aromatic nitrogens is 3. The molecule has 0 aromatic carbocycles. The van der Waals surface area contributed by atoms with Crippen molar-refractivity contribution in [3.05, 3.63) is 46.7 Å². The van der Waals surface area contributed by atoms with E-state index < -0.39 is 0 Å². The number of hydrogen-bond donors (Lipinski definition) is 2. The molecule has 0 spiro atoms. The highest BCUT2D eigenvalue weighted by Gasteiger charge is 2.17. The molecule has 23 heavy (non-hydrogen) atoms. The third-order valence-electron chi connectivity index (χ3n) is 4.30. The van der Waals surface area contributed by atoms with Gasteiger partial charge in [-0.2, -0.15) is 0 Å². The third-order valence-corrected chi connectivity index (χ3v) is 4.30. The Hall–Kier alpha value is -2.01. The van der Waals surface area contributed by atoms with Crippen LogP contribution < -0.4 is 10.6 Å². The average molecular weight is 311 g/mol. The molecule has 5 heteroatoms. The van der Waals surface area contributed by atoms with Crippen molar-refractivity contribution in [2.75, 3.05) is 18.4 Å². The lowest BCUT2D eigenvalue weighted by atomic mass is 10.1. The van der Waals surface area contributed by atoms with Crippen molar-refractivity contribution in [3.8, 4) is 0 Å². The van der Waals surface area contributed by atoms with Crippen LogP contribution in [0.4, 0.5) is 5.82 Å². The normalized spacial score (nSPS) is 15.6. The molecule has 0 bridgehead atoms. The molecule has 122 valence electrons. The Morgan fingerprint density at radius 1 is 1.22 bits per heavy atom. The van der Waals surface area contributed by atoms with Gasteiger partial charge in [-0.25, -0.2) is 9.97 Å². The Labute approximate surface area is 138 Å². The van der Waals surface area contributed by atoms with Gasteiger partial charge in [-0.05, 0) is 45.4 Å². The first kappa shape index (κ1) is 15.9. The van der Waals surface area contributed by atoms with Crippen LogP contribution in [0, 0.1) is 13.8 Å². The Bertz CT molecular complexity index is 683. The number of aryl methyl sites for hydroxylation is 2. The summed E-state index contributed by atoms with van der Waals surface area (Å²) in [4.78, 5) is 13.8. The summed E-state index contributed by atoms with van der Waals surface area (Å²) in [5, 5.41) is 7.03. The first-order valence-electron chi connectivity index (χ1n) is 8.37. The molecule has 1 aliphatic rings. The van der Waals surface area contributed by atoms with Crippen LogP contribution in [0.3, 0.4) is 0 Å². The molecular weight excluding hydrogens is 286 g/mol. The lowest BCUT2D eigenvalue weighted by Crippen LogP contribution is -2.22. The quantitative estimate of drug-likeness (QED) is 0.906. The summed E-state index contributed by atoms with van der Waals surface area (Å²) in [6, 6.07) is 4.37. The maximum absolute atomic E-state index is 4.66. The standard InChI is InChI=1S/C18H25N5/c1-12-5-4-8-20-17(12)11-13(2)21-18-15-6-9-19-10-7-16(15)22-14(3)23-18/h4-5,8,13,19H,6-7,9-11H2,1-3H3,(H,21,22,23). The highest BCUT2D eigenvalue weighted by Crippen LogP contribution is 2.21. The lowest BCUT2D eigenvalue weighted by Gasteiger charge is -2.19. The van der Waals surface area contributed by atoms with E-state index in [0.717, 1.165) is 49.7 Å². The van der Waals surface area contributed by atoms with Gasteiger partial charge in [0.25, 0.3) is 0 Å². The van der Waals surface area contributed by atoms with Gasteiger partial charge >= 0.3 is 0 Å². The van der Waals surface area contributed by atoms with E-state index in [1.54, 1.807) is 0 Å². The number of anilines is 1.